The molecule has 4 N–H and O–H groups in total. The minimum absolute atomic E-state index is 0.199. The number of phenols is 4. The van der Waals surface area contributed by atoms with E-state index in [2.05, 4.69) is 0 Å². The molecule has 4 nitrogen and oxygen atoms in total. The minimum atomic E-state index is 0.199. The van der Waals surface area contributed by atoms with E-state index in [1.54, 1.807) is 48.5 Å². The summed E-state index contributed by atoms with van der Waals surface area (Å²) in [5.41, 5.74) is 0. The average Bonchev–Trinajstić information content (AvgIpc) is 2.80. The molecule has 0 bridgehead atoms. The van der Waals surface area contributed by atoms with Crippen LogP contribution in [0, 0.1) is 0 Å². The predicted molar refractivity (Wildman–Crippen MR) is 130 cm³/mol. The summed E-state index contributed by atoms with van der Waals surface area (Å²) in [6, 6.07) is 29.1. The van der Waals surface area contributed by atoms with Crippen LogP contribution in [0.4, 0.5) is 0 Å². The van der Waals surface area contributed by atoms with Gasteiger partial charge in [0.15, 0.2) is 0 Å². The molecule has 0 aliphatic heterocycles. The molecule has 156 valence electrons. The molecule has 0 atom stereocenters. The molecule has 4 heteroatoms. The summed E-state index contributed by atoms with van der Waals surface area (Å²) in [6.45, 7) is 0. The summed E-state index contributed by atoms with van der Waals surface area (Å²) in [5, 5.41) is 46.0. The van der Waals surface area contributed by atoms with Crippen molar-refractivity contribution < 1.29 is 20.4 Å². The van der Waals surface area contributed by atoms with Crippen molar-refractivity contribution >= 4 is 43.1 Å². The summed E-state index contributed by atoms with van der Waals surface area (Å²) in [5.74, 6) is 0.853. The van der Waals surface area contributed by atoms with Crippen molar-refractivity contribution in [2.45, 2.75) is 0 Å². The molecule has 6 rings (SSSR count). The van der Waals surface area contributed by atoms with Crippen LogP contribution in [-0.4, -0.2) is 20.4 Å². The van der Waals surface area contributed by atoms with E-state index in [4.69, 9.17) is 0 Å². The van der Waals surface area contributed by atoms with Gasteiger partial charge >= 0.3 is 0 Å². The van der Waals surface area contributed by atoms with Crippen molar-refractivity contribution in [2.75, 3.05) is 0 Å². The number of hydrogen-bond acceptors (Lipinski definition) is 4. The molecule has 0 amide bonds. The smallest absolute Gasteiger partial charge is 0.124 e. The van der Waals surface area contributed by atoms with Crippen LogP contribution in [0.1, 0.15) is 0 Å². The van der Waals surface area contributed by atoms with Crippen LogP contribution in [0.5, 0.6) is 23.0 Å². The number of fused-ring (bicyclic) bond motifs is 6. The van der Waals surface area contributed by atoms with Crippen molar-refractivity contribution in [1.29, 1.82) is 0 Å². The van der Waals surface area contributed by atoms with E-state index >= 15 is 0 Å². The zero-order valence-corrected chi connectivity index (χ0v) is 17.0. The molecule has 0 aliphatic carbocycles. The molecular weight excluding hydrogens is 400 g/mol. The molecular formula is C28H20O4. The normalized spacial score (nSPS) is 11.0. The zero-order chi connectivity index (χ0) is 22.2. The van der Waals surface area contributed by atoms with Crippen molar-refractivity contribution in [2.24, 2.45) is 0 Å². The van der Waals surface area contributed by atoms with Crippen molar-refractivity contribution in [1.82, 2.24) is 0 Å². The third kappa shape index (κ3) is 3.28. The highest BCUT2D eigenvalue weighted by molar-refractivity contribution is 6.13. The molecule has 6 aromatic carbocycles. The summed E-state index contributed by atoms with van der Waals surface area (Å²) in [6.07, 6.45) is 0. The fourth-order valence-electron chi connectivity index (χ4n) is 4.19. The van der Waals surface area contributed by atoms with Crippen LogP contribution in [0.2, 0.25) is 0 Å². The second kappa shape index (κ2) is 7.67. The van der Waals surface area contributed by atoms with Gasteiger partial charge in [0.25, 0.3) is 0 Å². The fourth-order valence-corrected chi connectivity index (χ4v) is 4.19. The number of phenolic OH excluding ortho intramolecular Hbond substituents is 4. The Morgan fingerprint density at radius 1 is 0.375 bits per heavy atom. The highest BCUT2D eigenvalue weighted by atomic mass is 16.3. The van der Waals surface area contributed by atoms with Gasteiger partial charge in [-0.1, -0.05) is 60.7 Å². The van der Waals surface area contributed by atoms with Gasteiger partial charge in [-0.15, -0.1) is 0 Å². The lowest BCUT2D eigenvalue weighted by Gasteiger charge is -2.07. The quantitative estimate of drug-likeness (QED) is 0.204. The van der Waals surface area contributed by atoms with E-state index in [1.807, 2.05) is 48.5 Å². The average molecular weight is 420 g/mol. The molecule has 0 fully saturated rings. The molecule has 6 aromatic rings. The lowest BCUT2D eigenvalue weighted by molar-refractivity contribution is 0.475. The van der Waals surface area contributed by atoms with E-state index in [-0.39, 0.29) is 23.0 Å². The van der Waals surface area contributed by atoms with Gasteiger partial charge in [0.1, 0.15) is 23.0 Å². The Hall–Kier alpha value is -4.44. The van der Waals surface area contributed by atoms with E-state index in [1.165, 1.54) is 0 Å². The lowest BCUT2D eigenvalue weighted by Crippen LogP contribution is -1.79. The molecule has 0 heterocycles. The van der Waals surface area contributed by atoms with Crippen LogP contribution < -0.4 is 0 Å². The van der Waals surface area contributed by atoms with Crippen LogP contribution in [0.3, 0.4) is 0 Å². The van der Waals surface area contributed by atoms with Crippen LogP contribution in [0.25, 0.3) is 43.1 Å². The van der Waals surface area contributed by atoms with Gasteiger partial charge in [0, 0.05) is 16.2 Å². The first kappa shape index (κ1) is 19.5. The summed E-state index contributed by atoms with van der Waals surface area (Å²) < 4.78 is 0. The van der Waals surface area contributed by atoms with Gasteiger partial charge in [0.05, 0.1) is 0 Å². The molecule has 0 unspecified atom stereocenters. The Morgan fingerprint density at radius 3 is 1.62 bits per heavy atom. The summed E-state index contributed by atoms with van der Waals surface area (Å²) in [7, 11) is 0. The van der Waals surface area contributed by atoms with Crippen LogP contribution >= 0.6 is 0 Å². The first-order valence-electron chi connectivity index (χ1n) is 10.2. The van der Waals surface area contributed by atoms with E-state index in [0.717, 1.165) is 32.3 Å². The molecule has 0 spiro atoms. The Bertz CT molecular complexity index is 1560. The third-order valence-electron chi connectivity index (χ3n) is 5.66. The maximum absolute atomic E-state index is 9.88. The van der Waals surface area contributed by atoms with Crippen molar-refractivity contribution in [3.05, 3.63) is 97.1 Å². The molecule has 0 saturated heterocycles. The van der Waals surface area contributed by atoms with E-state index in [9.17, 15) is 20.4 Å². The fraction of sp³-hybridized carbons (Fsp3) is 0. The molecule has 0 aliphatic rings. The standard InChI is InChI=1S/2C14H10O2/c15-11-5-1-3-9-7-8-10-4-2-6-12(16)14(10)13(9)11;15-10-5-6-12-13(8-10)11-4-2-1-3-9(11)7-14(12)16/h2*1-8,15-16H. The Labute approximate surface area is 183 Å². The third-order valence-corrected chi connectivity index (χ3v) is 5.66. The van der Waals surface area contributed by atoms with Crippen molar-refractivity contribution in [3.8, 4) is 23.0 Å². The Balaban J connectivity index is 0.000000135. The molecule has 0 saturated carbocycles. The maximum Gasteiger partial charge on any atom is 0.124 e. The monoisotopic (exact) mass is 420 g/mol. The number of rotatable bonds is 0. The highest BCUT2D eigenvalue weighted by Crippen LogP contribution is 2.37. The summed E-state index contributed by atoms with van der Waals surface area (Å²) >= 11 is 0. The second-order valence-corrected chi connectivity index (χ2v) is 7.66. The molecule has 32 heavy (non-hydrogen) atoms. The SMILES string of the molecule is Oc1ccc2c(O)cc3ccccc3c2c1.Oc1cccc2ccc3cccc(O)c3c12. The first-order chi connectivity index (χ1) is 15.5. The van der Waals surface area contributed by atoms with Gasteiger partial charge in [-0.3, -0.25) is 0 Å². The van der Waals surface area contributed by atoms with Gasteiger partial charge in [0.2, 0.25) is 0 Å². The Morgan fingerprint density at radius 2 is 0.969 bits per heavy atom. The second-order valence-electron chi connectivity index (χ2n) is 7.66. The minimum Gasteiger partial charge on any atom is -0.508 e. The van der Waals surface area contributed by atoms with E-state index in [0.29, 0.717) is 10.8 Å². The number of benzene rings is 6. The molecule has 0 radical (unpaired) electrons. The first-order valence-corrected chi connectivity index (χ1v) is 10.2. The van der Waals surface area contributed by atoms with Crippen LogP contribution in [-0.2, 0) is 0 Å². The van der Waals surface area contributed by atoms with Gasteiger partial charge in [-0.25, -0.2) is 0 Å². The topological polar surface area (TPSA) is 80.9 Å². The van der Waals surface area contributed by atoms with Gasteiger partial charge < -0.3 is 20.4 Å². The van der Waals surface area contributed by atoms with Gasteiger partial charge in [-0.05, 0) is 63.3 Å². The molecule has 0 aromatic heterocycles. The van der Waals surface area contributed by atoms with Crippen LogP contribution in [0.15, 0.2) is 97.1 Å². The number of hydrogen-bond donors (Lipinski definition) is 4. The number of aromatic hydroxyl groups is 4. The lowest BCUT2D eigenvalue weighted by atomic mass is 10.0. The summed E-state index contributed by atoms with van der Waals surface area (Å²) in [4.78, 5) is 0. The van der Waals surface area contributed by atoms with Gasteiger partial charge in [-0.2, -0.15) is 0 Å². The largest absolute Gasteiger partial charge is 0.508 e. The highest BCUT2D eigenvalue weighted by Gasteiger charge is 2.08. The van der Waals surface area contributed by atoms with Crippen molar-refractivity contribution in [3.63, 3.8) is 0 Å². The maximum atomic E-state index is 9.88. The zero-order valence-electron chi connectivity index (χ0n) is 17.0. The van der Waals surface area contributed by atoms with E-state index < -0.39 is 0 Å². The Kier molecular flexibility index (Phi) is 4.68. The predicted octanol–water partition coefficient (Wildman–Crippen LogP) is 6.81.